The lowest BCUT2D eigenvalue weighted by Crippen LogP contribution is -2.03. The first-order chi connectivity index (χ1) is 9.97. The summed E-state index contributed by atoms with van der Waals surface area (Å²) in [5.74, 6) is 1.00. The Balaban J connectivity index is 2.33. The van der Waals surface area contributed by atoms with Crippen LogP contribution >= 0.6 is 31.9 Å². The number of imidazole rings is 1. The molecule has 0 saturated carbocycles. The Hall–Kier alpha value is -1.33. The van der Waals surface area contributed by atoms with E-state index in [-0.39, 0.29) is 11.8 Å². The van der Waals surface area contributed by atoms with E-state index in [1.807, 2.05) is 30.3 Å². The number of aromatic hydroxyl groups is 1. The van der Waals surface area contributed by atoms with E-state index >= 15 is 0 Å². The number of aromatic nitrogens is 2. The van der Waals surface area contributed by atoms with Crippen molar-refractivity contribution in [1.82, 2.24) is 9.55 Å². The van der Waals surface area contributed by atoms with Gasteiger partial charge in [-0.05, 0) is 50.2 Å². The van der Waals surface area contributed by atoms with Gasteiger partial charge in [0.05, 0.1) is 16.6 Å². The smallest absolute Gasteiger partial charge is 0.145 e. The molecule has 0 unspecified atom stereocenters. The van der Waals surface area contributed by atoms with Gasteiger partial charge in [0.15, 0.2) is 0 Å². The van der Waals surface area contributed by atoms with Crippen LogP contribution in [-0.2, 0) is 0 Å². The van der Waals surface area contributed by atoms with Gasteiger partial charge in [-0.2, -0.15) is 0 Å². The van der Waals surface area contributed by atoms with Crippen LogP contribution in [0.1, 0.15) is 19.9 Å². The van der Waals surface area contributed by atoms with E-state index in [4.69, 9.17) is 4.98 Å². The van der Waals surface area contributed by atoms with Crippen molar-refractivity contribution >= 4 is 42.9 Å². The number of phenols is 1. The molecule has 3 rings (SSSR count). The standard InChI is InChI=1S/C16H14Br2N2O/c1-9(2)20-14-6-4-10(17)7-13(14)19-16(20)12-5-3-11(18)8-15(12)21/h3-9,21H,1-2H3. The molecule has 1 aromatic heterocycles. The van der Waals surface area contributed by atoms with Gasteiger partial charge in [-0.1, -0.05) is 31.9 Å². The maximum atomic E-state index is 10.2. The van der Waals surface area contributed by atoms with Crippen molar-refractivity contribution in [2.75, 3.05) is 0 Å². The van der Waals surface area contributed by atoms with E-state index in [0.717, 1.165) is 31.4 Å². The Morgan fingerprint density at radius 2 is 1.71 bits per heavy atom. The molecule has 3 nitrogen and oxygen atoms in total. The van der Waals surface area contributed by atoms with Crippen LogP contribution < -0.4 is 0 Å². The molecular weight excluding hydrogens is 396 g/mol. The molecule has 5 heteroatoms. The molecule has 3 aromatic rings. The lowest BCUT2D eigenvalue weighted by atomic mass is 10.2. The average molecular weight is 410 g/mol. The molecular formula is C16H14Br2N2O. The molecule has 0 spiro atoms. The minimum absolute atomic E-state index is 0.223. The molecule has 108 valence electrons. The second-order valence-electron chi connectivity index (χ2n) is 5.19. The molecule has 0 saturated heterocycles. The number of halogens is 2. The third kappa shape index (κ3) is 2.60. The summed E-state index contributed by atoms with van der Waals surface area (Å²) < 4.78 is 3.98. The van der Waals surface area contributed by atoms with Gasteiger partial charge < -0.3 is 9.67 Å². The Kier molecular flexibility index (Phi) is 3.80. The summed E-state index contributed by atoms with van der Waals surface area (Å²) in [5, 5.41) is 10.2. The van der Waals surface area contributed by atoms with Gasteiger partial charge in [-0.3, -0.25) is 0 Å². The van der Waals surface area contributed by atoms with Crippen LogP contribution in [-0.4, -0.2) is 14.7 Å². The van der Waals surface area contributed by atoms with Crippen LogP contribution in [0.4, 0.5) is 0 Å². The third-order valence-electron chi connectivity index (χ3n) is 3.37. The fourth-order valence-electron chi connectivity index (χ4n) is 2.48. The van der Waals surface area contributed by atoms with Gasteiger partial charge in [0.1, 0.15) is 11.6 Å². The fourth-order valence-corrected chi connectivity index (χ4v) is 3.18. The highest BCUT2D eigenvalue weighted by Crippen LogP contribution is 2.35. The van der Waals surface area contributed by atoms with Gasteiger partial charge in [-0.15, -0.1) is 0 Å². The summed E-state index contributed by atoms with van der Waals surface area (Å²) in [6.07, 6.45) is 0. The quantitative estimate of drug-likeness (QED) is 0.605. The third-order valence-corrected chi connectivity index (χ3v) is 4.36. The molecule has 0 bridgehead atoms. The summed E-state index contributed by atoms with van der Waals surface area (Å²) >= 11 is 6.85. The monoisotopic (exact) mass is 408 g/mol. The molecule has 21 heavy (non-hydrogen) atoms. The van der Waals surface area contributed by atoms with Gasteiger partial charge in [0.25, 0.3) is 0 Å². The molecule has 0 radical (unpaired) electrons. The molecule has 0 atom stereocenters. The van der Waals surface area contributed by atoms with E-state index in [0.29, 0.717) is 0 Å². The highest BCUT2D eigenvalue weighted by atomic mass is 79.9. The number of hydrogen-bond donors (Lipinski definition) is 1. The molecule has 1 N–H and O–H groups in total. The van der Waals surface area contributed by atoms with E-state index in [1.54, 1.807) is 6.07 Å². The first kappa shape index (κ1) is 14.6. The Bertz CT molecular complexity index is 825. The van der Waals surface area contributed by atoms with Gasteiger partial charge >= 0.3 is 0 Å². The van der Waals surface area contributed by atoms with Crippen molar-refractivity contribution in [3.05, 3.63) is 45.3 Å². The first-order valence-electron chi connectivity index (χ1n) is 6.63. The first-order valence-corrected chi connectivity index (χ1v) is 8.22. The molecule has 2 aromatic carbocycles. The van der Waals surface area contributed by atoms with Crippen LogP contribution in [0.25, 0.3) is 22.4 Å². The van der Waals surface area contributed by atoms with Gasteiger partial charge in [0.2, 0.25) is 0 Å². The molecule has 0 amide bonds. The summed E-state index contributed by atoms with van der Waals surface area (Å²) in [5.41, 5.74) is 2.71. The molecule has 0 aliphatic carbocycles. The van der Waals surface area contributed by atoms with Crippen LogP contribution in [0.3, 0.4) is 0 Å². The summed E-state index contributed by atoms with van der Waals surface area (Å²) in [6.45, 7) is 4.23. The van der Waals surface area contributed by atoms with Gasteiger partial charge in [0, 0.05) is 15.0 Å². The van der Waals surface area contributed by atoms with E-state index in [2.05, 4.69) is 50.3 Å². The second kappa shape index (κ2) is 5.46. The molecule has 0 aliphatic heterocycles. The topological polar surface area (TPSA) is 38.0 Å². The molecule has 1 heterocycles. The molecule has 0 fully saturated rings. The maximum Gasteiger partial charge on any atom is 0.145 e. The predicted molar refractivity (Wildman–Crippen MR) is 92.6 cm³/mol. The van der Waals surface area contributed by atoms with E-state index in [1.165, 1.54) is 0 Å². The van der Waals surface area contributed by atoms with Crippen molar-refractivity contribution in [2.45, 2.75) is 19.9 Å². The number of benzene rings is 2. The second-order valence-corrected chi connectivity index (χ2v) is 7.03. The zero-order chi connectivity index (χ0) is 15.1. The van der Waals surface area contributed by atoms with Crippen LogP contribution in [0.5, 0.6) is 5.75 Å². The van der Waals surface area contributed by atoms with Crippen LogP contribution in [0.2, 0.25) is 0 Å². The summed E-state index contributed by atoms with van der Waals surface area (Å²) in [6, 6.07) is 11.8. The number of fused-ring (bicyclic) bond motifs is 1. The zero-order valence-electron chi connectivity index (χ0n) is 11.6. The highest BCUT2D eigenvalue weighted by molar-refractivity contribution is 9.10. The fraction of sp³-hybridized carbons (Fsp3) is 0.188. The highest BCUT2D eigenvalue weighted by Gasteiger charge is 2.17. The SMILES string of the molecule is CC(C)n1c(-c2ccc(Br)cc2O)nc2cc(Br)ccc21. The number of hydrogen-bond acceptors (Lipinski definition) is 2. The lowest BCUT2D eigenvalue weighted by molar-refractivity contribution is 0.475. The van der Waals surface area contributed by atoms with Crippen LogP contribution in [0, 0.1) is 0 Å². The Morgan fingerprint density at radius 1 is 1.05 bits per heavy atom. The van der Waals surface area contributed by atoms with Gasteiger partial charge in [-0.25, -0.2) is 4.98 Å². The number of phenolic OH excluding ortho intramolecular Hbond substituents is 1. The normalized spacial score (nSPS) is 11.5. The van der Waals surface area contributed by atoms with Crippen molar-refractivity contribution in [3.8, 4) is 17.1 Å². The van der Waals surface area contributed by atoms with E-state index < -0.39 is 0 Å². The molecule has 0 aliphatic rings. The Labute approximate surface area is 139 Å². The van der Waals surface area contributed by atoms with Crippen molar-refractivity contribution in [2.24, 2.45) is 0 Å². The zero-order valence-corrected chi connectivity index (χ0v) is 14.8. The van der Waals surface area contributed by atoms with Crippen molar-refractivity contribution < 1.29 is 5.11 Å². The summed E-state index contributed by atoms with van der Waals surface area (Å²) in [7, 11) is 0. The average Bonchev–Trinajstić information content (AvgIpc) is 2.76. The maximum absolute atomic E-state index is 10.2. The lowest BCUT2D eigenvalue weighted by Gasteiger charge is -2.14. The largest absolute Gasteiger partial charge is 0.507 e. The number of rotatable bonds is 2. The van der Waals surface area contributed by atoms with Crippen LogP contribution in [0.15, 0.2) is 45.3 Å². The minimum Gasteiger partial charge on any atom is -0.507 e. The number of nitrogens with zero attached hydrogens (tertiary/aromatic N) is 2. The van der Waals surface area contributed by atoms with Crippen molar-refractivity contribution in [3.63, 3.8) is 0 Å². The minimum atomic E-state index is 0.223. The van der Waals surface area contributed by atoms with E-state index in [9.17, 15) is 5.11 Å². The Morgan fingerprint density at radius 3 is 2.38 bits per heavy atom. The summed E-state index contributed by atoms with van der Waals surface area (Å²) in [4.78, 5) is 4.71. The predicted octanol–water partition coefficient (Wildman–Crippen LogP) is 5.51. The van der Waals surface area contributed by atoms with Crippen molar-refractivity contribution in [1.29, 1.82) is 0 Å².